The van der Waals surface area contributed by atoms with E-state index in [1.165, 1.54) is 23.1 Å². The van der Waals surface area contributed by atoms with Gasteiger partial charge < -0.3 is 5.32 Å². The Morgan fingerprint density at radius 2 is 2.24 bits per heavy atom. The molecule has 1 atom stereocenters. The normalized spacial score (nSPS) is 18.7. The summed E-state index contributed by atoms with van der Waals surface area (Å²) in [6.07, 6.45) is 3.79. The maximum Gasteiger partial charge on any atom is 0.210 e. The summed E-state index contributed by atoms with van der Waals surface area (Å²) in [5.41, 5.74) is 0.879. The molecule has 3 rings (SSSR count). The molecule has 0 amide bonds. The Morgan fingerprint density at radius 1 is 1.33 bits per heavy atom. The molecule has 1 aromatic carbocycles. The molecule has 1 aliphatic rings. The quantitative estimate of drug-likeness (QED) is 0.886. The van der Waals surface area contributed by atoms with Crippen LogP contribution in [-0.2, 0) is 4.79 Å². The van der Waals surface area contributed by atoms with Crippen molar-refractivity contribution in [1.82, 2.24) is 10.2 Å². The van der Waals surface area contributed by atoms with Gasteiger partial charge in [0, 0.05) is 17.1 Å². The first-order chi connectivity index (χ1) is 10.2. The van der Waals surface area contributed by atoms with Crippen LogP contribution in [-0.4, -0.2) is 21.2 Å². The highest BCUT2D eigenvalue weighted by atomic mass is 35.5. The van der Waals surface area contributed by atoms with Crippen molar-refractivity contribution in [2.75, 3.05) is 5.32 Å². The minimum Gasteiger partial charge on any atom is -0.330 e. The first-order valence-corrected chi connectivity index (χ1v) is 8.83. The Labute approximate surface area is 136 Å². The van der Waals surface area contributed by atoms with E-state index in [9.17, 15) is 4.79 Å². The fraction of sp³-hybridized carbons (Fsp3) is 0.357. The van der Waals surface area contributed by atoms with Crippen molar-refractivity contribution in [3.05, 3.63) is 29.3 Å². The van der Waals surface area contributed by atoms with Gasteiger partial charge >= 0.3 is 0 Å². The number of hydrogen-bond donors (Lipinski definition) is 1. The molecule has 4 nitrogen and oxygen atoms in total. The van der Waals surface area contributed by atoms with Crippen molar-refractivity contribution in [2.45, 2.75) is 35.3 Å². The molecule has 110 valence electrons. The Kier molecular flexibility index (Phi) is 4.77. The molecule has 0 saturated heterocycles. The summed E-state index contributed by atoms with van der Waals surface area (Å²) in [6, 6.07) is 7.45. The molecule has 1 heterocycles. The van der Waals surface area contributed by atoms with Crippen LogP contribution in [0.1, 0.15) is 25.7 Å². The number of aromatic nitrogens is 2. The molecule has 0 unspecified atom stereocenters. The number of halogens is 1. The summed E-state index contributed by atoms with van der Waals surface area (Å²) in [7, 11) is 0. The lowest BCUT2D eigenvalue weighted by molar-refractivity contribution is -0.119. The SMILES string of the molecule is O=C1CCCC[C@@H]1Sc1nnc(Nc2cccc(Cl)c2)s1. The molecule has 21 heavy (non-hydrogen) atoms. The third-order valence-corrected chi connectivity index (χ3v) is 5.70. The highest BCUT2D eigenvalue weighted by Crippen LogP contribution is 2.35. The maximum atomic E-state index is 11.8. The molecule has 0 aliphatic heterocycles. The van der Waals surface area contributed by atoms with Crippen LogP contribution in [0.4, 0.5) is 10.8 Å². The van der Waals surface area contributed by atoms with Gasteiger partial charge in [-0.2, -0.15) is 0 Å². The average molecular weight is 340 g/mol. The lowest BCUT2D eigenvalue weighted by Crippen LogP contribution is -2.21. The van der Waals surface area contributed by atoms with Crippen molar-refractivity contribution in [3.8, 4) is 0 Å². The lowest BCUT2D eigenvalue weighted by Gasteiger charge is -2.17. The summed E-state index contributed by atoms with van der Waals surface area (Å²) < 4.78 is 0.833. The summed E-state index contributed by atoms with van der Waals surface area (Å²) >= 11 is 8.95. The fourth-order valence-corrected chi connectivity index (χ4v) is 4.53. The second kappa shape index (κ2) is 6.77. The number of benzene rings is 1. The van der Waals surface area contributed by atoms with Crippen LogP contribution in [0.2, 0.25) is 5.02 Å². The number of carbonyl (C=O) groups excluding carboxylic acids is 1. The van der Waals surface area contributed by atoms with Crippen molar-refractivity contribution in [3.63, 3.8) is 0 Å². The Bertz CT molecular complexity index is 647. The molecule has 1 N–H and O–H groups in total. The summed E-state index contributed by atoms with van der Waals surface area (Å²) in [5.74, 6) is 0.339. The van der Waals surface area contributed by atoms with E-state index in [1.54, 1.807) is 0 Å². The highest BCUT2D eigenvalue weighted by molar-refractivity contribution is 8.02. The third kappa shape index (κ3) is 3.96. The molecule has 7 heteroatoms. The standard InChI is InChI=1S/C14H14ClN3OS2/c15-9-4-3-5-10(8-9)16-13-17-18-14(21-13)20-12-7-2-1-6-11(12)19/h3-5,8,12H,1-2,6-7H2,(H,16,17)/t12-/m0/s1. The van der Waals surface area contributed by atoms with Crippen LogP contribution in [0.25, 0.3) is 0 Å². The van der Waals surface area contributed by atoms with Crippen LogP contribution in [0.5, 0.6) is 0 Å². The average Bonchev–Trinajstić information content (AvgIpc) is 2.89. The molecular weight excluding hydrogens is 326 g/mol. The molecule has 1 saturated carbocycles. The van der Waals surface area contributed by atoms with Gasteiger partial charge in [-0.1, -0.05) is 47.2 Å². The monoisotopic (exact) mass is 339 g/mol. The number of anilines is 2. The van der Waals surface area contributed by atoms with Crippen LogP contribution < -0.4 is 5.32 Å². The molecule has 1 aliphatic carbocycles. The first kappa shape index (κ1) is 14.8. The molecule has 1 fully saturated rings. The number of rotatable bonds is 4. The molecule has 2 aromatic rings. The summed E-state index contributed by atoms with van der Waals surface area (Å²) in [6.45, 7) is 0. The summed E-state index contributed by atoms with van der Waals surface area (Å²) in [4.78, 5) is 11.8. The van der Waals surface area contributed by atoms with Gasteiger partial charge in [-0.3, -0.25) is 4.79 Å². The minimum absolute atomic E-state index is 0.0470. The molecule has 0 radical (unpaired) electrons. The smallest absolute Gasteiger partial charge is 0.210 e. The van der Waals surface area contributed by atoms with E-state index in [2.05, 4.69) is 15.5 Å². The van der Waals surface area contributed by atoms with Gasteiger partial charge in [-0.15, -0.1) is 10.2 Å². The van der Waals surface area contributed by atoms with E-state index in [0.717, 1.165) is 29.3 Å². The van der Waals surface area contributed by atoms with Crippen molar-refractivity contribution in [1.29, 1.82) is 0 Å². The largest absolute Gasteiger partial charge is 0.330 e. The predicted octanol–water partition coefficient (Wildman–Crippen LogP) is 4.54. The van der Waals surface area contributed by atoms with Gasteiger partial charge in [-0.25, -0.2) is 0 Å². The van der Waals surface area contributed by atoms with E-state index in [4.69, 9.17) is 11.6 Å². The van der Waals surface area contributed by atoms with E-state index < -0.39 is 0 Å². The Hall–Kier alpha value is -1.11. The Balaban J connectivity index is 1.64. The summed E-state index contributed by atoms with van der Waals surface area (Å²) in [5, 5.41) is 12.9. The number of Topliss-reactive ketones (excluding diaryl/α,β-unsaturated/α-hetero) is 1. The maximum absolute atomic E-state index is 11.8. The molecular formula is C14H14ClN3OS2. The van der Waals surface area contributed by atoms with Crippen LogP contribution in [0, 0.1) is 0 Å². The number of nitrogens with zero attached hydrogens (tertiary/aromatic N) is 2. The van der Waals surface area contributed by atoms with Crippen LogP contribution in [0.15, 0.2) is 28.6 Å². The van der Waals surface area contributed by atoms with E-state index >= 15 is 0 Å². The zero-order chi connectivity index (χ0) is 14.7. The van der Waals surface area contributed by atoms with Gasteiger partial charge in [-0.05, 0) is 31.0 Å². The van der Waals surface area contributed by atoms with Crippen molar-refractivity contribution >= 4 is 51.3 Å². The lowest BCUT2D eigenvalue weighted by atomic mass is 9.99. The van der Waals surface area contributed by atoms with E-state index in [0.29, 0.717) is 22.4 Å². The zero-order valence-electron chi connectivity index (χ0n) is 11.2. The molecule has 0 bridgehead atoms. The van der Waals surface area contributed by atoms with Gasteiger partial charge in [0.1, 0.15) is 5.78 Å². The van der Waals surface area contributed by atoms with E-state index in [1.807, 2.05) is 24.3 Å². The van der Waals surface area contributed by atoms with Crippen LogP contribution >= 0.6 is 34.7 Å². The number of nitrogens with one attached hydrogen (secondary N) is 1. The third-order valence-electron chi connectivity index (χ3n) is 3.22. The van der Waals surface area contributed by atoms with Gasteiger partial charge in [0.25, 0.3) is 0 Å². The minimum atomic E-state index is 0.0470. The van der Waals surface area contributed by atoms with Gasteiger partial charge in [0.2, 0.25) is 5.13 Å². The first-order valence-electron chi connectivity index (χ1n) is 6.76. The Morgan fingerprint density at radius 3 is 3.05 bits per heavy atom. The number of hydrogen-bond acceptors (Lipinski definition) is 6. The topological polar surface area (TPSA) is 54.9 Å². The van der Waals surface area contributed by atoms with Crippen LogP contribution in [0.3, 0.4) is 0 Å². The number of carbonyl (C=O) groups is 1. The zero-order valence-corrected chi connectivity index (χ0v) is 13.6. The molecule has 1 aromatic heterocycles. The predicted molar refractivity (Wildman–Crippen MR) is 87.8 cm³/mol. The number of thioether (sulfide) groups is 1. The van der Waals surface area contributed by atoms with E-state index in [-0.39, 0.29) is 5.25 Å². The van der Waals surface area contributed by atoms with Gasteiger partial charge in [0.15, 0.2) is 4.34 Å². The second-order valence-electron chi connectivity index (χ2n) is 4.83. The van der Waals surface area contributed by atoms with Gasteiger partial charge in [0.05, 0.1) is 5.25 Å². The highest BCUT2D eigenvalue weighted by Gasteiger charge is 2.24. The van der Waals surface area contributed by atoms with Crippen molar-refractivity contribution in [2.24, 2.45) is 0 Å². The molecule has 0 spiro atoms. The fourth-order valence-electron chi connectivity index (χ4n) is 2.19. The second-order valence-corrected chi connectivity index (χ2v) is 7.69. The van der Waals surface area contributed by atoms with Crippen molar-refractivity contribution < 1.29 is 4.79 Å². The number of ketones is 1.